The van der Waals surface area contributed by atoms with Crippen LogP contribution in [0.4, 0.5) is 37.6 Å². The minimum absolute atomic E-state index is 0.0774. The topological polar surface area (TPSA) is 98.1 Å². The molecule has 0 saturated carbocycles. The highest BCUT2D eigenvalue weighted by atomic mass is 35.5. The molecule has 1 aromatic heterocycles. The van der Waals surface area contributed by atoms with Crippen molar-refractivity contribution in [1.29, 1.82) is 0 Å². The summed E-state index contributed by atoms with van der Waals surface area (Å²) in [6, 6.07) is 20.0. The van der Waals surface area contributed by atoms with Crippen molar-refractivity contribution in [2.24, 2.45) is 0 Å². The predicted octanol–water partition coefficient (Wildman–Crippen LogP) is 6.69. The lowest BCUT2D eigenvalue weighted by molar-refractivity contribution is -0.110. The van der Waals surface area contributed by atoms with Crippen LogP contribution in [-0.4, -0.2) is 16.9 Å². The number of aromatic amines is 1. The summed E-state index contributed by atoms with van der Waals surface area (Å²) < 4.78 is 13.3. The number of H-pyrrole nitrogens is 1. The molecule has 9 heteroatoms. The molecule has 3 aromatic carbocycles. The van der Waals surface area contributed by atoms with Gasteiger partial charge >= 0.3 is 6.03 Å². The molecule has 0 spiro atoms. The van der Waals surface area contributed by atoms with Crippen molar-refractivity contribution in [1.82, 2.24) is 4.98 Å². The molecule has 2 heterocycles. The number of halogens is 2. The fraction of sp³-hybridized carbons (Fsp3) is 0. The normalized spacial score (nSPS) is 13.3. The Bertz CT molecular complexity index is 1470. The summed E-state index contributed by atoms with van der Waals surface area (Å²) in [7, 11) is 0. The van der Waals surface area contributed by atoms with Crippen molar-refractivity contribution < 1.29 is 14.0 Å². The van der Waals surface area contributed by atoms with Crippen molar-refractivity contribution in [2.75, 3.05) is 21.3 Å². The third kappa shape index (κ3) is 5.02. The van der Waals surface area contributed by atoms with E-state index in [0.29, 0.717) is 22.6 Å². The molecule has 1 aliphatic rings. The van der Waals surface area contributed by atoms with E-state index in [9.17, 15) is 14.0 Å². The van der Waals surface area contributed by atoms with Gasteiger partial charge in [-0.1, -0.05) is 23.7 Å². The maximum absolute atomic E-state index is 13.3. The molecule has 0 saturated heterocycles. The van der Waals surface area contributed by atoms with Crippen LogP contribution in [0.3, 0.4) is 0 Å². The Balaban J connectivity index is 1.27. The van der Waals surface area contributed by atoms with Crippen LogP contribution in [0.25, 0.3) is 11.6 Å². The standard InChI is InChI=1S/C26H19ClFN5O2/c27-22-13-18(7-9-23(22)28)32-26(35)31-17-4-1-3-16(11-17)30-19-6-8-20-21(12-15-5-2-10-29-15)25(34)33-24(20)14-19/h1-14,29-30H,(H,33,34)(H2,31,32,35). The average molecular weight is 488 g/mol. The Morgan fingerprint density at radius 1 is 0.886 bits per heavy atom. The molecule has 0 fully saturated rings. The van der Waals surface area contributed by atoms with Crippen LogP contribution < -0.4 is 21.3 Å². The number of fused-ring (bicyclic) bond motifs is 1. The number of urea groups is 1. The van der Waals surface area contributed by atoms with Crippen LogP contribution in [0.15, 0.2) is 79.0 Å². The first-order valence-electron chi connectivity index (χ1n) is 10.7. The van der Waals surface area contributed by atoms with Crippen molar-refractivity contribution in [3.05, 3.63) is 101 Å². The molecule has 0 aliphatic carbocycles. The molecular weight excluding hydrogens is 469 g/mol. The number of hydrogen-bond donors (Lipinski definition) is 5. The molecule has 5 rings (SSSR count). The summed E-state index contributed by atoms with van der Waals surface area (Å²) in [5.41, 5.74) is 5.40. The van der Waals surface area contributed by atoms with E-state index >= 15 is 0 Å². The number of rotatable bonds is 5. The molecule has 0 radical (unpaired) electrons. The lowest BCUT2D eigenvalue weighted by Crippen LogP contribution is -2.19. The summed E-state index contributed by atoms with van der Waals surface area (Å²) in [6.45, 7) is 0. The van der Waals surface area contributed by atoms with Crippen molar-refractivity contribution in [2.45, 2.75) is 0 Å². The van der Waals surface area contributed by atoms with Gasteiger partial charge in [0, 0.05) is 40.2 Å². The van der Waals surface area contributed by atoms with Crippen LogP contribution in [0.5, 0.6) is 0 Å². The number of aromatic nitrogens is 1. The summed E-state index contributed by atoms with van der Waals surface area (Å²) in [5.74, 6) is -0.721. The van der Waals surface area contributed by atoms with E-state index in [4.69, 9.17) is 11.6 Å². The fourth-order valence-electron chi connectivity index (χ4n) is 3.71. The monoisotopic (exact) mass is 487 g/mol. The molecule has 0 atom stereocenters. The quantitative estimate of drug-likeness (QED) is 0.203. The van der Waals surface area contributed by atoms with Crippen LogP contribution in [0, 0.1) is 5.82 Å². The zero-order valence-electron chi connectivity index (χ0n) is 18.2. The molecule has 4 aromatic rings. The highest BCUT2D eigenvalue weighted by Gasteiger charge is 2.24. The van der Waals surface area contributed by atoms with Crippen LogP contribution in [0.1, 0.15) is 11.3 Å². The van der Waals surface area contributed by atoms with Crippen LogP contribution >= 0.6 is 11.6 Å². The molecule has 0 bridgehead atoms. The molecule has 35 heavy (non-hydrogen) atoms. The van der Waals surface area contributed by atoms with E-state index < -0.39 is 11.8 Å². The van der Waals surface area contributed by atoms with E-state index in [1.54, 1.807) is 24.4 Å². The van der Waals surface area contributed by atoms with Gasteiger partial charge in [0.1, 0.15) is 5.82 Å². The van der Waals surface area contributed by atoms with Gasteiger partial charge in [-0.2, -0.15) is 0 Å². The molecule has 7 nitrogen and oxygen atoms in total. The average Bonchev–Trinajstić information content (AvgIpc) is 3.44. The van der Waals surface area contributed by atoms with Gasteiger partial charge in [-0.15, -0.1) is 0 Å². The molecule has 5 N–H and O–H groups in total. The van der Waals surface area contributed by atoms with Gasteiger partial charge < -0.3 is 26.3 Å². The second-order valence-corrected chi connectivity index (χ2v) is 8.22. The number of amides is 3. The van der Waals surface area contributed by atoms with Gasteiger partial charge in [0.2, 0.25) is 0 Å². The summed E-state index contributed by atoms with van der Waals surface area (Å²) in [5, 5.41) is 11.4. The van der Waals surface area contributed by atoms with Crippen LogP contribution in [0.2, 0.25) is 5.02 Å². The molecule has 174 valence electrons. The lowest BCUT2D eigenvalue weighted by Gasteiger charge is -2.11. The predicted molar refractivity (Wildman–Crippen MR) is 138 cm³/mol. The summed E-state index contributed by atoms with van der Waals surface area (Å²) in [6.07, 6.45) is 3.62. The highest BCUT2D eigenvalue weighted by Crippen LogP contribution is 2.35. The second-order valence-electron chi connectivity index (χ2n) is 7.81. The maximum Gasteiger partial charge on any atom is 0.323 e. The SMILES string of the molecule is O=C(Nc1cccc(Nc2ccc3c(c2)NC(=O)C3=Cc2ccc[nH]2)c1)Nc1ccc(F)c(Cl)c1. The second kappa shape index (κ2) is 9.36. The first-order valence-corrected chi connectivity index (χ1v) is 11.0. The van der Waals surface area contributed by atoms with Gasteiger partial charge in [0.15, 0.2) is 0 Å². The van der Waals surface area contributed by atoms with E-state index in [1.165, 1.54) is 18.2 Å². The molecule has 3 amide bonds. The summed E-state index contributed by atoms with van der Waals surface area (Å²) in [4.78, 5) is 27.9. The van der Waals surface area contributed by atoms with Crippen LogP contribution in [-0.2, 0) is 4.79 Å². The van der Waals surface area contributed by atoms with E-state index in [1.807, 2.05) is 42.5 Å². The van der Waals surface area contributed by atoms with Gasteiger partial charge in [0.05, 0.1) is 16.3 Å². The Morgan fingerprint density at radius 2 is 1.63 bits per heavy atom. The number of anilines is 5. The third-order valence-electron chi connectivity index (χ3n) is 5.31. The van der Waals surface area contributed by atoms with Crippen molar-refractivity contribution in [3.63, 3.8) is 0 Å². The number of hydrogen-bond acceptors (Lipinski definition) is 3. The number of carbonyl (C=O) groups is 2. The van der Waals surface area contributed by atoms with Crippen molar-refractivity contribution >= 4 is 63.6 Å². The van der Waals surface area contributed by atoms with E-state index in [0.717, 1.165) is 22.6 Å². The Labute approximate surface area is 205 Å². The first-order chi connectivity index (χ1) is 16.9. The zero-order chi connectivity index (χ0) is 24.4. The lowest BCUT2D eigenvalue weighted by atomic mass is 10.1. The largest absolute Gasteiger partial charge is 0.362 e. The third-order valence-corrected chi connectivity index (χ3v) is 5.60. The van der Waals surface area contributed by atoms with Gasteiger partial charge in [-0.25, -0.2) is 9.18 Å². The number of carbonyl (C=O) groups excluding carboxylic acids is 2. The zero-order valence-corrected chi connectivity index (χ0v) is 18.9. The Morgan fingerprint density at radius 3 is 2.40 bits per heavy atom. The molecular formula is C26H19ClFN5O2. The fourth-order valence-corrected chi connectivity index (χ4v) is 3.89. The minimum Gasteiger partial charge on any atom is -0.362 e. The first kappa shape index (κ1) is 22.2. The highest BCUT2D eigenvalue weighted by molar-refractivity contribution is 6.35. The Kier molecular flexibility index (Phi) is 5.95. The Hall–Kier alpha value is -4.56. The van der Waals surface area contributed by atoms with E-state index in [2.05, 4.69) is 26.3 Å². The number of nitrogens with one attached hydrogen (secondary N) is 5. The van der Waals surface area contributed by atoms with Crippen molar-refractivity contribution in [3.8, 4) is 0 Å². The molecule has 1 aliphatic heterocycles. The van der Waals surface area contributed by atoms with Gasteiger partial charge in [-0.3, -0.25) is 4.79 Å². The van der Waals surface area contributed by atoms with E-state index in [-0.39, 0.29) is 10.9 Å². The summed E-state index contributed by atoms with van der Waals surface area (Å²) >= 11 is 5.76. The maximum atomic E-state index is 13.3. The minimum atomic E-state index is -0.560. The van der Waals surface area contributed by atoms with Gasteiger partial charge in [0.25, 0.3) is 5.91 Å². The smallest absolute Gasteiger partial charge is 0.323 e. The van der Waals surface area contributed by atoms with Gasteiger partial charge in [-0.05, 0) is 66.7 Å². The number of benzene rings is 3. The molecule has 0 unspecified atom stereocenters.